The second kappa shape index (κ2) is 2.14. The van der Waals surface area contributed by atoms with Crippen LogP contribution in [0.25, 0.3) is 0 Å². The first-order chi connectivity index (χ1) is 4.20. The molecule has 9 heavy (non-hydrogen) atoms. The highest BCUT2D eigenvalue weighted by Gasteiger charge is 1.99. The fourth-order valence-electron chi connectivity index (χ4n) is 0.364. The van der Waals surface area contributed by atoms with Crippen LogP contribution in [0.4, 0.5) is 10.2 Å². The molecule has 0 spiro atoms. The standard InChI is InChI=1S/C4H3ClFN3/c5-3-4(6)8-1-2(7)9-3/h1H,(H2,7,9). The van der Waals surface area contributed by atoms with Crippen LogP contribution in [0.15, 0.2) is 6.20 Å². The molecule has 2 N–H and O–H groups in total. The third-order valence-corrected chi connectivity index (χ3v) is 0.948. The van der Waals surface area contributed by atoms with Crippen molar-refractivity contribution in [2.45, 2.75) is 0 Å². The molecule has 0 aromatic carbocycles. The zero-order valence-corrected chi connectivity index (χ0v) is 5.06. The lowest BCUT2D eigenvalue weighted by molar-refractivity contribution is 0.578. The summed E-state index contributed by atoms with van der Waals surface area (Å²) in [6, 6.07) is 0. The van der Waals surface area contributed by atoms with Gasteiger partial charge in [-0.3, -0.25) is 0 Å². The van der Waals surface area contributed by atoms with Crippen LogP contribution in [0.3, 0.4) is 0 Å². The van der Waals surface area contributed by atoms with Gasteiger partial charge in [0.05, 0.1) is 6.20 Å². The van der Waals surface area contributed by atoms with Crippen molar-refractivity contribution >= 4 is 17.4 Å². The van der Waals surface area contributed by atoms with Crippen LogP contribution in [-0.2, 0) is 0 Å². The molecule has 0 amide bonds. The maximum absolute atomic E-state index is 12.1. The summed E-state index contributed by atoms with van der Waals surface area (Å²) in [4.78, 5) is 6.57. The average Bonchev–Trinajstić information content (AvgIpc) is 1.80. The molecular formula is C4H3ClFN3. The number of nitrogen functional groups attached to an aromatic ring is 1. The van der Waals surface area contributed by atoms with Gasteiger partial charge in [0.1, 0.15) is 5.82 Å². The third kappa shape index (κ3) is 1.26. The summed E-state index contributed by atoms with van der Waals surface area (Å²) in [6.07, 6.45) is 1.10. The van der Waals surface area contributed by atoms with Crippen LogP contribution in [0.5, 0.6) is 0 Å². The maximum atomic E-state index is 12.1. The summed E-state index contributed by atoms with van der Waals surface area (Å²) in [6.45, 7) is 0. The van der Waals surface area contributed by atoms with Crippen LogP contribution in [-0.4, -0.2) is 9.97 Å². The monoisotopic (exact) mass is 147 g/mol. The molecule has 1 heterocycles. The Labute approximate surface area is 55.7 Å². The fraction of sp³-hybridized carbons (Fsp3) is 0. The largest absolute Gasteiger partial charge is 0.382 e. The Hall–Kier alpha value is -0.900. The number of anilines is 1. The van der Waals surface area contributed by atoms with Gasteiger partial charge < -0.3 is 5.73 Å². The number of hydrogen-bond donors (Lipinski definition) is 1. The first-order valence-electron chi connectivity index (χ1n) is 2.13. The molecule has 0 aliphatic carbocycles. The lowest BCUT2D eigenvalue weighted by atomic mass is 10.7. The van der Waals surface area contributed by atoms with Gasteiger partial charge in [-0.05, 0) is 0 Å². The molecule has 0 aliphatic heterocycles. The Bertz CT molecular complexity index is 227. The van der Waals surface area contributed by atoms with E-state index in [0.717, 1.165) is 6.20 Å². The Morgan fingerprint density at radius 3 is 2.78 bits per heavy atom. The van der Waals surface area contributed by atoms with Gasteiger partial charge in [-0.2, -0.15) is 4.39 Å². The highest BCUT2D eigenvalue weighted by molar-refractivity contribution is 6.29. The summed E-state index contributed by atoms with van der Waals surface area (Å²) in [5.41, 5.74) is 5.10. The molecule has 0 atom stereocenters. The zero-order valence-electron chi connectivity index (χ0n) is 4.31. The smallest absolute Gasteiger partial charge is 0.250 e. The van der Waals surface area contributed by atoms with Crippen molar-refractivity contribution in [1.29, 1.82) is 0 Å². The molecule has 0 radical (unpaired) electrons. The van der Waals surface area contributed by atoms with Gasteiger partial charge >= 0.3 is 0 Å². The number of halogens is 2. The first-order valence-corrected chi connectivity index (χ1v) is 2.51. The molecule has 0 bridgehead atoms. The van der Waals surface area contributed by atoms with Crippen molar-refractivity contribution in [3.8, 4) is 0 Å². The maximum Gasteiger partial charge on any atom is 0.250 e. The van der Waals surface area contributed by atoms with Crippen LogP contribution in [0, 0.1) is 5.95 Å². The van der Waals surface area contributed by atoms with E-state index in [-0.39, 0.29) is 11.0 Å². The predicted octanol–water partition coefficient (Wildman–Crippen LogP) is 0.851. The van der Waals surface area contributed by atoms with Crippen LogP contribution in [0.2, 0.25) is 5.15 Å². The van der Waals surface area contributed by atoms with E-state index < -0.39 is 5.95 Å². The molecule has 1 rings (SSSR count). The third-order valence-electron chi connectivity index (χ3n) is 0.708. The summed E-state index contributed by atoms with van der Waals surface area (Å²) < 4.78 is 12.1. The van der Waals surface area contributed by atoms with E-state index in [1.165, 1.54) is 0 Å². The molecule has 48 valence electrons. The first kappa shape index (κ1) is 6.22. The van der Waals surface area contributed by atoms with Crippen molar-refractivity contribution < 1.29 is 4.39 Å². The number of aromatic nitrogens is 2. The molecule has 1 aromatic heterocycles. The number of nitrogens with two attached hydrogens (primary N) is 1. The van der Waals surface area contributed by atoms with Crippen molar-refractivity contribution in [2.75, 3.05) is 5.73 Å². The van der Waals surface area contributed by atoms with Gasteiger partial charge in [0.15, 0.2) is 5.15 Å². The van der Waals surface area contributed by atoms with Gasteiger partial charge in [0, 0.05) is 0 Å². The average molecular weight is 148 g/mol. The quantitative estimate of drug-likeness (QED) is 0.592. The van der Waals surface area contributed by atoms with E-state index in [1.54, 1.807) is 0 Å². The van der Waals surface area contributed by atoms with Crippen LogP contribution >= 0.6 is 11.6 Å². The van der Waals surface area contributed by atoms with Crippen molar-refractivity contribution in [3.05, 3.63) is 17.3 Å². The second-order valence-corrected chi connectivity index (χ2v) is 1.73. The molecule has 5 heteroatoms. The zero-order chi connectivity index (χ0) is 6.85. The molecule has 3 nitrogen and oxygen atoms in total. The van der Waals surface area contributed by atoms with Gasteiger partial charge in [-0.15, -0.1) is 0 Å². The highest BCUT2D eigenvalue weighted by atomic mass is 35.5. The summed E-state index contributed by atoms with van der Waals surface area (Å²) >= 11 is 5.19. The second-order valence-electron chi connectivity index (χ2n) is 1.38. The number of nitrogens with zero attached hydrogens (tertiary/aromatic N) is 2. The summed E-state index contributed by atoms with van der Waals surface area (Å²) in [5, 5.41) is -0.296. The van der Waals surface area contributed by atoms with Crippen LogP contribution < -0.4 is 5.73 Å². The number of rotatable bonds is 0. The normalized spacial score (nSPS) is 9.56. The lowest BCUT2D eigenvalue weighted by Gasteiger charge is -1.91. The molecule has 0 fully saturated rings. The Kier molecular flexibility index (Phi) is 1.48. The van der Waals surface area contributed by atoms with Crippen LogP contribution in [0.1, 0.15) is 0 Å². The van der Waals surface area contributed by atoms with Crippen molar-refractivity contribution in [2.24, 2.45) is 0 Å². The van der Waals surface area contributed by atoms with Gasteiger partial charge in [-0.1, -0.05) is 11.6 Å². The van der Waals surface area contributed by atoms with E-state index in [2.05, 4.69) is 9.97 Å². The number of hydrogen-bond acceptors (Lipinski definition) is 3. The van der Waals surface area contributed by atoms with Crippen molar-refractivity contribution in [3.63, 3.8) is 0 Å². The topological polar surface area (TPSA) is 51.8 Å². The van der Waals surface area contributed by atoms with Crippen molar-refractivity contribution in [1.82, 2.24) is 9.97 Å². The van der Waals surface area contributed by atoms with E-state index in [9.17, 15) is 4.39 Å². The highest BCUT2D eigenvalue weighted by Crippen LogP contribution is 2.08. The Morgan fingerprint density at radius 1 is 1.67 bits per heavy atom. The fourth-order valence-corrected chi connectivity index (χ4v) is 0.511. The predicted molar refractivity (Wildman–Crippen MR) is 31.4 cm³/mol. The van der Waals surface area contributed by atoms with Gasteiger partial charge in [0.2, 0.25) is 0 Å². The molecular weight excluding hydrogens is 145 g/mol. The van der Waals surface area contributed by atoms with E-state index in [0.29, 0.717) is 0 Å². The van der Waals surface area contributed by atoms with E-state index in [1.807, 2.05) is 0 Å². The van der Waals surface area contributed by atoms with Gasteiger partial charge in [0.25, 0.3) is 5.95 Å². The SMILES string of the molecule is Nc1cnc(F)c(Cl)n1. The molecule has 1 aromatic rings. The van der Waals surface area contributed by atoms with E-state index >= 15 is 0 Å². The molecule has 0 saturated heterocycles. The lowest BCUT2D eigenvalue weighted by Crippen LogP contribution is -1.94. The minimum Gasteiger partial charge on any atom is -0.382 e. The Morgan fingerprint density at radius 2 is 2.33 bits per heavy atom. The minimum absolute atomic E-state index is 0.112. The molecule has 0 unspecified atom stereocenters. The molecule has 0 aliphatic rings. The minimum atomic E-state index is -0.800. The summed E-state index contributed by atoms with van der Waals surface area (Å²) in [5.74, 6) is -0.688. The van der Waals surface area contributed by atoms with Gasteiger partial charge in [-0.25, -0.2) is 9.97 Å². The molecule has 0 saturated carbocycles. The van der Waals surface area contributed by atoms with E-state index in [4.69, 9.17) is 17.3 Å². The Balaban J connectivity index is 3.17. The summed E-state index contributed by atoms with van der Waals surface area (Å²) in [7, 11) is 0.